The number of carbonyl (C=O) groups is 1. The first-order chi connectivity index (χ1) is 27.8. The monoisotopic (exact) mass is 827 g/mol. The van der Waals surface area contributed by atoms with Crippen molar-refractivity contribution in [1.29, 1.82) is 0 Å². The summed E-state index contributed by atoms with van der Waals surface area (Å²) in [5.41, 5.74) is 5.37. The number of aliphatic hydroxyl groups excluding tert-OH is 2. The summed E-state index contributed by atoms with van der Waals surface area (Å²) in [5, 5.41) is 24.1. The SMILES string of the molecule is CCCCCCCCC/C=C/CC/C=C/CC/C=C/C(O)C(COP(=O)(O)OCCN)NC(=O)CC(O)CCCCCCCCCCCCCCCCCCCC. The molecule has 0 fully saturated rings. The van der Waals surface area contributed by atoms with Gasteiger partial charge in [0.15, 0.2) is 0 Å². The molecule has 4 atom stereocenters. The molecule has 0 aromatic rings. The fraction of sp³-hybridized carbons (Fsp3) is 0.851. The van der Waals surface area contributed by atoms with E-state index >= 15 is 0 Å². The molecule has 0 aliphatic rings. The number of unbranched alkanes of at least 4 members (excludes halogenated alkanes) is 26. The van der Waals surface area contributed by atoms with E-state index in [1.165, 1.54) is 141 Å². The molecule has 0 radical (unpaired) electrons. The van der Waals surface area contributed by atoms with Crippen LogP contribution in [0.25, 0.3) is 0 Å². The van der Waals surface area contributed by atoms with E-state index in [-0.39, 0.29) is 19.6 Å². The molecule has 57 heavy (non-hydrogen) atoms. The molecule has 0 saturated carbocycles. The summed E-state index contributed by atoms with van der Waals surface area (Å²) in [6.07, 6.45) is 48.1. The average molecular weight is 827 g/mol. The first-order valence-corrected chi connectivity index (χ1v) is 25.2. The zero-order chi connectivity index (χ0) is 41.9. The first kappa shape index (κ1) is 55.7. The highest BCUT2D eigenvalue weighted by Gasteiger charge is 2.27. The maximum atomic E-state index is 12.8. The number of phosphoric acid groups is 1. The fourth-order valence-electron chi connectivity index (χ4n) is 6.91. The van der Waals surface area contributed by atoms with Gasteiger partial charge in [-0.2, -0.15) is 0 Å². The number of nitrogens with one attached hydrogen (secondary N) is 1. The Balaban J connectivity index is 4.31. The summed E-state index contributed by atoms with van der Waals surface area (Å²) in [7, 11) is -4.41. The first-order valence-electron chi connectivity index (χ1n) is 23.7. The van der Waals surface area contributed by atoms with Crippen LogP contribution in [0, 0.1) is 0 Å². The number of allylic oxidation sites excluding steroid dienone is 5. The summed E-state index contributed by atoms with van der Waals surface area (Å²) in [4.78, 5) is 22.8. The van der Waals surface area contributed by atoms with Crippen molar-refractivity contribution in [3.05, 3.63) is 36.5 Å². The number of nitrogens with two attached hydrogens (primary N) is 1. The van der Waals surface area contributed by atoms with Gasteiger partial charge in [0.2, 0.25) is 5.91 Å². The molecule has 0 heterocycles. The Bertz CT molecular complexity index is 1010. The van der Waals surface area contributed by atoms with Gasteiger partial charge in [-0.3, -0.25) is 13.8 Å². The Morgan fingerprint density at radius 3 is 1.46 bits per heavy atom. The van der Waals surface area contributed by atoms with E-state index in [9.17, 15) is 24.5 Å². The van der Waals surface area contributed by atoms with Crippen LogP contribution in [0.1, 0.15) is 219 Å². The molecule has 6 N–H and O–H groups in total. The van der Waals surface area contributed by atoms with Gasteiger partial charge in [-0.05, 0) is 44.9 Å². The largest absolute Gasteiger partial charge is 0.472 e. The van der Waals surface area contributed by atoms with Crippen molar-refractivity contribution in [3.8, 4) is 0 Å². The van der Waals surface area contributed by atoms with Gasteiger partial charge in [-0.15, -0.1) is 0 Å². The van der Waals surface area contributed by atoms with Crippen LogP contribution in [-0.2, 0) is 18.4 Å². The van der Waals surface area contributed by atoms with Crippen molar-refractivity contribution in [2.45, 2.75) is 238 Å². The van der Waals surface area contributed by atoms with Crippen molar-refractivity contribution in [1.82, 2.24) is 5.32 Å². The Morgan fingerprint density at radius 2 is 1.00 bits per heavy atom. The molecule has 1 amide bonds. The number of hydrogen-bond donors (Lipinski definition) is 5. The Hall–Kier alpha value is -1.32. The van der Waals surface area contributed by atoms with Crippen molar-refractivity contribution >= 4 is 13.7 Å². The molecular weight excluding hydrogens is 735 g/mol. The van der Waals surface area contributed by atoms with Crippen LogP contribution in [-0.4, -0.2) is 59.0 Å². The van der Waals surface area contributed by atoms with Gasteiger partial charge in [0.05, 0.1) is 37.9 Å². The average Bonchev–Trinajstić information content (AvgIpc) is 3.19. The van der Waals surface area contributed by atoms with Crippen LogP contribution in [0.4, 0.5) is 0 Å². The summed E-state index contributed by atoms with van der Waals surface area (Å²) >= 11 is 0. The van der Waals surface area contributed by atoms with Crippen molar-refractivity contribution in [2.75, 3.05) is 19.8 Å². The smallest absolute Gasteiger partial charge is 0.393 e. The van der Waals surface area contributed by atoms with E-state index in [4.69, 9.17) is 14.8 Å². The van der Waals surface area contributed by atoms with E-state index in [0.717, 1.165) is 44.9 Å². The molecule has 0 spiro atoms. The lowest BCUT2D eigenvalue weighted by Crippen LogP contribution is -2.46. The number of carbonyl (C=O) groups excluding carboxylic acids is 1. The third-order valence-corrected chi connectivity index (χ3v) is 11.5. The molecule has 336 valence electrons. The van der Waals surface area contributed by atoms with Crippen LogP contribution < -0.4 is 11.1 Å². The highest BCUT2D eigenvalue weighted by Crippen LogP contribution is 2.43. The number of rotatable bonds is 44. The lowest BCUT2D eigenvalue weighted by atomic mass is 10.0. The number of aliphatic hydroxyl groups is 2. The van der Waals surface area contributed by atoms with E-state index in [2.05, 4.69) is 43.5 Å². The normalized spacial score (nSPS) is 14.8. The second kappa shape index (κ2) is 42.8. The van der Waals surface area contributed by atoms with Gasteiger partial charge >= 0.3 is 7.82 Å². The van der Waals surface area contributed by atoms with Gasteiger partial charge < -0.3 is 26.2 Å². The number of amides is 1. The molecule has 4 unspecified atom stereocenters. The molecule has 0 saturated heterocycles. The summed E-state index contributed by atoms with van der Waals surface area (Å²) in [6.45, 7) is 3.95. The summed E-state index contributed by atoms with van der Waals surface area (Å²) in [6, 6.07) is -1.00. The van der Waals surface area contributed by atoms with Gasteiger partial charge in [0.25, 0.3) is 0 Å². The minimum atomic E-state index is -4.41. The van der Waals surface area contributed by atoms with Crippen LogP contribution in [0.5, 0.6) is 0 Å². The lowest BCUT2D eigenvalue weighted by molar-refractivity contribution is -0.124. The predicted molar refractivity (Wildman–Crippen MR) is 241 cm³/mol. The van der Waals surface area contributed by atoms with Gasteiger partial charge in [0, 0.05) is 6.54 Å². The molecule has 0 aliphatic heterocycles. The third-order valence-electron chi connectivity index (χ3n) is 10.5. The standard InChI is InChI=1S/C47H91N2O7P/c1-3-5-7-9-11-13-15-17-19-21-23-24-26-28-30-32-34-36-38-44(50)42-47(52)49-45(43-56-57(53,54)55-41-40-48)46(51)39-37-35-33-31-29-27-25-22-20-18-16-14-12-10-8-6-4-2/h20,22,29,31,37,39,44-46,50-51H,3-19,21,23-28,30,32-36,38,40-43,48H2,1-2H3,(H,49,52)(H,53,54)/b22-20+,31-29+,39-37+. The van der Waals surface area contributed by atoms with Gasteiger partial charge in [-0.1, -0.05) is 204 Å². The molecule has 9 nitrogen and oxygen atoms in total. The quantitative estimate of drug-likeness (QED) is 0.0231. The minimum Gasteiger partial charge on any atom is -0.393 e. The molecule has 0 rings (SSSR count). The number of phosphoric ester groups is 1. The van der Waals surface area contributed by atoms with Gasteiger partial charge in [0.1, 0.15) is 0 Å². The van der Waals surface area contributed by atoms with Gasteiger partial charge in [-0.25, -0.2) is 4.57 Å². The molecule has 10 heteroatoms. The van der Waals surface area contributed by atoms with Crippen molar-refractivity contribution in [3.63, 3.8) is 0 Å². The van der Waals surface area contributed by atoms with Crippen LogP contribution in [0.3, 0.4) is 0 Å². The van der Waals surface area contributed by atoms with Crippen LogP contribution in [0.2, 0.25) is 0 Å². The van der Waals surface area contributed by atoms with E-state index < -0.39 is 38.6 Å². The maximum Gasteiger partial charge on any atom is 0.472 e. The molecule has 0 bridgehead atoms. The molecule has 0 aromatic heterocycles. The van der Waals surface area contributed by atoms with Crippen molar-refractivity contribution < 1.29 is 33.5 Å². The third kappa shape index (κ3) is 41.2. The second-order valence-electron chi connectivity index (χ2n) is 16.1. The number of hydrogen-bond acceptors (Lipinski definition) is 7. The highest BCUT2D eigenvalue weighted by atomic mass is 31.2. The maximum absolute atomic E-state index is 12.8. The van der Waals surface area contributed by atoms with Crippen molar-refractivity contribution in [2.24, 2.45) is 5.73 Å². The fourth-order valence-corrected chi connectivity index (χ4v) is 7.67. The molecular formula is C47H91N2O7P. The summed E-state index contributed by atoms with van der Waals surface area (Å²) in [5.74, 6) is -0.457. The molecule has 0 aromatic carbocycles. The minimum absolute atomic E-state index is 0.0429. The topological polar surface area (TPSA) is 151 Å². The zero-order valence-corrected chi connectivity index (χ0v) is 37.8. The Morgan fingerprint density at radius 1 is 0.596 bits per heavy atom. The highest BCUT2D eigenvalue weighted by molar-refractivity contribution is 7.47. The van der Waals surface area contributed by atoms with Crippen LogP contribution >= 0.6 is 7.82 Å². The van der Waals surface area contributed by atoms with E-state index in [0.29, 0.717) is 12.8 Å². The predicted octanol–water partition coefficient (Wildman–Crippen LogP) is 12.5. The molecule has 0 aliphatic carbocycles. The Kier molecular flexibility index (Phi) is 41.8. The Labute approximate surface area is 351 Å². The zero-order valence-electron chi connectivity index (χ0n) is 36.9. The van der Waals surface area contributed by atoms with E-state index in [1.807, 2.05) is 6.08 Å². The van der Waals surface area contributed by atoms with Crippen LogP contribution in [0.15, 0.2) is 36.5 Å². The lowest BCUT2D eigenvalue weighted by Gasteiger charge is -2.24. The van der Waals surface area contributed by atoms with E-state index in [1.54, 1.807) is 6.08 Å². The summed E-state index contributed by atoms with van der Waals surface area (Å²) < 4.78 is 22.1. The second-order valence-corrected chi connectivity index (χ2v) is 17.6.